The first-order chi connectivity index (χ1) is 11.6. The van der Waals surface area contributed by atoms with E-state index in [1.807, 2.05) is 12.1 Å². The molecule has 3 rings (SSSR count). The standard InChI is InChI=1S/C20H23ClN2O/c1-13-20(16-6-4-5-7-18(16)23(13)2)15(12-22)10-14-8-9-19(24-3)17(21)11-14/h4-9,11,15H,10,12,22H2,1-3H3. The lowest BCUT2D eigenvalue weighted by Crippen LogP contribution is -2.16. The number of ether oxygens (including phenoxy) is 1. The van der Waals surface area contributed by atoms with Crippen LogP contribution in [0, 0.1) is 6.92 Å². The largest absolute Gasteiger partial charge is 0.495 e. The van der Waals surface area contributed by atoms with Crippen LogP contribution in [0.15, 0.2) is 42.5 Å². The third kappa shape index (κ3) is 2.90. The van der Waals surface area contributed by atoms with Crippen LogP contribution in [0.4, 0.5) is 0 Å². The molecule has 3 aromatic rings. The Morgan fingerprint density at radius 3 is 2.62 bits per heavy atom. The van der Waals surface area contributed by atoms with Gasteiger partial charge in [-0.05, 0) is 49.2 Å². The Morgan fingerprint density at radius 2 is 1.96 bits per heavy atom. The van der Waals surface area contributed by atoms with E-state index in [9.17, 15) is 0 Å². The number of para-hydroxylation sites is 1. The van der Waals surface area contributed by atoms with E-state index in [0.717, 1.165) is 6.42 Å². The molecule has 0 aliphatic rings. The highest BCUT2D eigenvalue weighted by Crippen LogP contribution is 2.34. The summed E-state index contributed by atoms with van der Waals surface area (Å²) in [5, 5.41) is 1.92. The summed E-state index contributed by atoms with van der Waals surface area (Å²) in [5.41, 5.74) is 11.2. The molecule has 0 bridgehead atoms. The molecule has 24 heavy (non-hydrogen) atoms. The van der Waals surface area contributed by atoms with Gasteiger partial charge in [-0.15, -0.1) is 0 Å². The minimum absolute atomic E-state index is 0.251. The van der Waals surface area contributed by atoms with Crippen molar-refractivity contribution in [3.05, 3.63) is 64.3 Å². The fraction of sp³-hybridized carbons (Fsp3) is 0.300. The molecule has 0 amide bonds. The molecule has 1 heterocycles. The molecule has 0 spiro atoms. The van der Waals surface area contributed by atoms with Gasteiger partial charge in [0, 0.05) is 29.6 Å². The van der Waals surface area contributed by atoms with Gasteiger partial charge in [0.2, 0.25) is 0 Å². The van der Waals surface area contributed by atoms with E-state index in [2.05, 4.69) is 48.9 Å². The Kier molecular flexibility index (Phi) is 4.83. The van der Waals surface area contributed by atoms with Crippen LogP contribution in [0.1, 0.15) is 22.7 Å². The summed E-state index contributed by atoms with van der Waals surface area (Å²) in [6, 6.07) is 14.5. The first-order valence-electron chi connectivity index (χ1n) is 8.13. The van der Waals surface area contributed by atoms with E-state index < -0.39 is 0 Å². The number of aryl methyl sites for hydroxylation is 1. The molecule has 0 saturated heterocycles. The van der Waals surface area contributed by atoms with Crippen molar-refractivity contribution in [2.45, 2.75) is 19.3 Å². The molecule has 3 nitrogen and oxygen atoms in total. The lowest BCUT2D eigenvalue weighted by molar-refractivity contribution is 0.415. The van der Waals surface area contributed by atoms with Crippen LogP contribution in [0.25, 0.3) is 10.9 Å². The number of rotatable bonds is 5. The minimum atomic E-state index is 0.251. The predicted molar refractivity (Wildman–Crippen MR) is 101 cm³/mol. The van der Waals surface area contributed by atoms with E-state index >= 15 is 0 Å². The number of hydrogen-bond acceptors (Lipinski definition) is 2. The maximum atomic E-state index is 6.27. The molecule has 0 aliphatic heterocycles. The zero-order chi connectivity index (χ0) is 17.3. The van der Waals surface area contributed by atoms with Crippen LogP contribution >= 0.6 is 11.6 Å². The van der Waals surface area contributed by atoms with Crippen molar-refractivity contribution in [2.75, 3.05) is 13.7 Å². The molecule has 2 N–H and O–H groups in total. The number of methoxy groups -OCH3 is 1. The summed E-state index contributed by atoms with van der Waals surface area (Å²) in [5.74, 6) is 0.951. The van der Waals surface area contributed by atoms with Gasteiger partial charge in [-0.1, -0.05) is 35.9 Å². The average molecular weight is 343 g/mol. The van der Waals surface area contributed by atoms with E-state index in [1.165, 1.54) is 27.7 Å². The molecular formula is C20H23ClN2O. The average Bonchev–Trinajstić information content (AvgIpc) is 2.85. The fourth-order valence-corrected chi connectivity index (χ4v) is 3.77. The van der Waals surface area contributed by atoms with E-state index in [0.29, 0.717) is 17.3 Å². The van der Waals surface area contributed by atoms with Crippen molar-refractivity contribution >= 4 is 22.5 Å². The maximum absolute atomic E-state index is 6.27. The van der Waals surface area contributed by atoms with Gasteiger partial charge in [0.1, 0.15) is 5.75 Å². The molecule has 0 saturated carbocycles. The van der Waals surface area contributed by atoms with Crippen molar-refractivity contribution in [1.29, 1.82) is 0 Å². The summed E-state index contributed by atoms with van der Waals surface area (Å²) in [4.78, 5) is 0. The highest BCUT2D eigenvalue weighted by molar-refractivity contribution is 6.32. The van der Waals surface area contributed by atoms with Crippen molar-refractivity contribution in [3.8, 4) is 5.75 Å². The fourth-order valence-electron chi connectivity index (χ4n) is 3.49. The molecule has 4 heteroatoms. The first-order valence-corrected chi connectivity index (χ1v) is 8.51. The Bertz CT molecular complexity index is 869. The van der Waals surface area contributed by atoms with E-state index in [1.54, 1.807) is 7.11 Å². The predicted octanol–water partition coefficient (Wildman–Crippen LogP) is 4.43. The summed E-state index contributed by atoms with van der Waals surface area (Å²) in [7, 11) is 3.74. The van der Waals surface area contributed by atoms with Gasteiger partial charge in [-0.25, -0.2) is 0 Å². The smallest absolute Gasteiger partial charge is 0.137 e. The number of aromatic nitrogens is 1. The molecular weight excluding hydrogens is 320 g/mol. The second-order valence-corrected chi connectivity index (χ2v) is 6.59. The van der Waals surface area contributed by atoms with E-state index in [-0.39, 0.29) is 5.92 Å². The van der Waals surface area contributed by atoms with Gasteiger partial charge in [-0.3, -0.25) is 0 Å². The lowest BCUT2D eigenvalue weighted by atomic mass is 9.90. The van der Waals surface area contributed by atoms with Crippen LogP contribution in [0.3, 0.4) is 0 Å². The summed E-state index contributed by atoms with van der Waals surface area (Å²) < 4.78 is 7.48. The first kappa shape index (κ1) is 16.9. The zero-order valence-corrected chi connectivity index (χ0v) is 15.1. The number of hydrogen-bond donors (Lipinski definition) is 1. The van der Waals surface area contributed by atoms with Crippen molar-refractivity contribution in [1.82, 2.24) is 4.57 Å². The summed E-state index contributed by atoms with van der Waals surface area (Å²) >= 11 is 6.27. The molecule has 0 aliphatic carbocycles. The van der Waals surface area contributed by atoms with Gasteiger partial charge in [0.25, 0.3) is 0 Å². The van der Waals surface area contributed by atoms with Crippen LogP contribution in [-0.4, -0.2) is 18.2 Å². The monoisotopic (exact) mass is 342 g/mol. The molecule has 0 fully saturated rings. The molecule has 2 aromatic carbocycles. The van der Waals surface area contributed by atoms with Crippen LogP contribution in [0.5, 0.6) is 5.75 Å². The van der Waals surface area contributed by atoms with Gasteiger partial charge >= 0.3 is 0 Å². The third-order valence-corrected chi connectivity index (χ3v) is 5.13. The van der Waals surface area contributed by atoms with Crippen molar-refractivity contribution < 1.29 is 4.74 Å². The molecule has 0 radical (unpaired) electrons. The maximum Gasteiger partial charge on any atom is 0.137 e. The Morgan fingerprint density at radius 1 is 1.21 bits per heavy atom. The second kappa shape index (κ2) is 6.88. The summed E-state index contributed by atoms with van der Waals surface area (Å²) in [6.45, 7) is 2.76. The van der Waals surface area contributed by atoms with Crippen LogP contribution in [-0.2, 0) is 13.5 Å². The topological polar surface area (TPSA) is 40.2 Å². The van der Waals surface area contributed by atoms with Crippen molar-refractivity contribution in [3.63, 3.8) is 0 Å². The Hall–Kier alpha value is -1.97. The van der Waals surface area contributed by atoms with Gasteiger partial charge in [0.05, 0.1) is 12.1 Å². The SMILES string of the molecule is COc1ccc(CC(CN)c2c(C)n(C)c3ccccc23)cc1Cl. The van der Waals surface area contributed by atoms with Gasteiger partial charge < -0.3 is 15.0 Å². The lowest BCUT2D eigenvalue weighted by Gasteiger charge is -2.17. The number of fused-ring (bicyclic) bond motifs is 1. The molecule has 1 aromatic heterocycles. The second-order valence-electron chi connectivity index (χ2n) is 6.18. The van der Waals surface area contributed by atoms with Crippen LogP contribution < -0.4 is 10.5 Å². The number of halogens is 1. The molecule has 126 valence electrons. The molecule has 1 unspecified atom stereocenters. The minimum Gasteiger partial charge on any atom is -0.495 e. The zero-order valence-electron chi connectivity index (χ0n) is 14.3. The van der Waals surface area contributed by atoms with Gasteiger partial charge in [-0.2, -0.15) is 0 Å². The Labute approximate surface area is 148 Å². The van der Waals surface area contributed by atoms with Gasteiger partial charge in [0.15, 0.2) is 0 Å². The number of nitrogens with zero attached hydrogens (tertiary/aromatic N) is 1. The summed E-state index contributed by atoms with van der Waals surface area (Å²) in [6.07, 6.45) is 0.856. The Balaban J connectivity index is 2.01. The molecule has 1 atom stereocenters. The van der Waals surface area contributed by atoms with Crippen LogP contribution in [0.2, 0.25) is 5.02 Å². The third-order valence-electron chi connectivity index (χ3n) is 4.84. The number of benzene rings is 2. The van der Waals surface area contributed by atoms with Crippen molar-refractivity contribution in [2.24, 2.45) is 12.8 Å². The quantitative estimate of drug-likeness (QED) is 0.745. The van der Waals surface area contributed by atoms with E-state index in [4.69, 9.17) is 22.1 Å². The highest BCUT2D eigenvalue weighted by Gasteiger charge is 2.20. The number of nitrogens with two attached hydrogens (primary N) is 1. The normalized spacial score (nSPS) is 12.5. The highest BCUT2D eigenvalue weighted by atomic mass is 35.5.